The summed E-state index contributed by atoms with van der Waals surface area (Å²) in [6, 6.07) is 8.99. The number of benzene rings is 1. The number of nitrogens with zero attached hydrogens (tertiary/aromatic N) is 1. The van der Waals surface area contributed by atoms with E-state index in [9.17, 15) is 9.59 Å². The van der Waals surface area contributed by atoms with Crippen LogP contribution in [0.5, 0.6) is 11.5 Å². The highest BCUT2D eigenvalue weighted by Crippen LogP contribution is 2.19. The van der Waals surface area contributed by atoms with Gasteiger partial charge in [0.25, 0.3) is 0 Å². The Hall–Kier alpha value is -2.56. The molecule has 1 aromatic carbocycles. The lowest BCUT2D eigenvalue weighted by Crippen LogP contribution is -2.19. The van der Waals surface area contributed by atoms with Crippen LogP contribution in [0.4, 0.5) is 0 Å². The fraction of sp³-hybridized carbons (Fsp3) is 0.636. The number of ether oxygens (including phenoxy) is 2. The molecule has 0 N–H and O–H groups in total. The Morgan fingerprint density at radius 2 is 1.24 bits per heavy atom. The summed E-state index contributed by atoms with van der Waals surface area (Å²) in [6.07, 6.45) is 23.0. The van der Waals surface area contributed by atoms with E-state index in [0.29, 0.717) is 12.2 Å². The molecular weight excluding hydrogens is 474 g/mol. The van der Waals surface area contributed by atoms with Crippen LogP contribution in [0.15, 0.2) is 41.3 Å². The van der Waals surface area contributed by atoms with Crippen LogP contribution >= 0.6 is 0 Å². The minimum Gasteiger partial charge on any atom is -0.497 e. The third-order valence-electron chi connectivity index (χ3n) is 7.26. The van der Waals surface area contributed by atoms with Gasteiger partial charge >= 0.3 is 0 Å². The number of hydrogen-bond donors (Lipinski definition) is 0. The van der Waals surface area contributed by atoms with Gasteiger partial charge in [-0.3, -0.25) is 9.59 Å². The molecule has 0 amide bonds. The van der Waals surface area contributed by atoms with Gasteiger partial charge in [-0.2, -0.15) is 0 Å². The number of unbranched alkanes of at least 4 members (excludes halogenated alkanes) is 15. The molecule has 1 aromatic heterocycles. The molecule has 0 unspecified atom stereocenters. The zero-order valence-corrected chi connectivity index (χ0v) is 24.3. The Morgan fingerprint density at radius 3 is 1.71 bits per heavy atom. The second kappa shape index (κ2) is 19.5. The molecule has 0 aliphatic carbocycles. The minimum absolute atomic E-state index is 0.146. The third-order valence-corrected chi connectivity index (χ3v) is 7.26. The molecule has 0 spiro atoms. The molecule has 2 aromatic rings. The molecule has 0 bridgehead atoms. The van der Waals surface area contributed by atoms with Crippen LogP contribution < -0.4 is 14.9 Å². The molecule has 5 nitrogen and oxygen atoms in total. The summed E-state index contributed by atoms with van der Waals surface area (Å²) in [6.45, 7) is 4.71. The van der Waals surface area contributed by atoms with Crippen LogP contribution in [0, 0.1) is 0 Å². The van der Waals surface area contributed by atoms with Gasteiger partial charge in [-0.05, 0) is 24.1 Å². The molecule has 0 radical (unpaired) electrons. The molecule has 1 heterocycles. The van der Waals surface area contributed by atoms with E-state index < -0.39 is 0 Å². The van der Waals surface area contributed by atoms with Crippen molar-refractivity contribution in [2.75, 3.05) is 7.11 Å². The van der Waals surface area contributed by atoms with Gasteiger partial charge in [-0.25, -0.2) is 0 Å². The highest BCUT2D eigenvalue weighted by atomic mass is 16.5. The van der Waals surface area contributed by atoms with Crippen LogP contribution in [0.2, 0.25) is 0 Å². The maximum atomic E-state index is 12.5. The number of carbonyl (C=O) groups excluding carboxylic acids is 1. The molecule has 0 atom stereocenters. The predicted octanol–water partition coefficient (Wildman–Crippen LogP) is 8.90. The normalized spacial score (nSPS) is 11.0. The molecule has 212 valence electrons. The third kappa shape index (κ3) is 12.3. The van der Waals surface area contributed by atoms with Gasteiger partial charge in [0.15, 0.2) is 11.5 Å². The smallest absolute Gasteiger partial charge is 0.224 e. The molecular formula is C33H51NO4. The van der Waals surface area contributed by atoms with Gasteiger partial charge in [-0.15, -0.1) is 0 Å². The topological polar surface area (TPSA) is 57.5 Å². The lowest BCUT2D eigenvalue weighted by Gasteiger charge is -2.16. The number of hydrogen-bond acceptors (Lipinski definition) is 4. The Kier molecular flexibility index (Phi) is 16.2. The predicted molar refractivity (Wildman–Crippen MR) is 158 cm³/mol. The van der Waals surface area contributed by atoms with Gasteiger partial charge in [0.2, 0.25) is 5.43 Å². The first-order chi connectivity index (χ1) is 18.6. The molecule has 0 fully saturated rings. The van der Waals surface area contributed by atoms with Crippen molar-refractivity contribution >= 4 is 5.78 Å². The quantitative estimate of drug-likeness (QED) is 0.114. The molecule has 2 rings (SSSR count). The average molecular weight is 526 g/mol. The van der Waals surface area contributed by atoms with Crippen LogP contribution in [-0.4, -0.2) is 17.5 Å². The zero-order chi connectivity index (χ0) is 27.4. The van der Waals surface area contributed by atoms with Crippen LogP contribution in [0.25, 0.3) is 0 Å². The first-order valence-corrected chi connectivity index (χ1v) is 15.1. The fourth-order valence-corrected chi connectivity index (χ4v) is 4.95. The average Bonchev–Trinajstić information content (AvgIpc) is 2.92. The Balaban J connectivity index is 1.64. The van der Waals surface area contributed by atoms with Crippen molar-refractivity contribution in [3.8, 4) is 11.5 Å². The molecule has 0 aliphatic heterocycles. The Bertz CT molecular complexity index is 964. The van der Waals surface area contributed by atoms with E-state index in [-0.39, 0.29) is 23.6 Å². The van der Waals surface area contributed by atoms with E-state index in [2.05, 4.69) is 6.92 Å². The number of aromatic nitrogens is 1. The van der Waals surface area contributed by atoms with E-state index in [1.54, 1.807) is 13.3 Å². The summed E-state index contributed by atoms with van der Waals surface area (Å²) in [7, 11) is 1.62. The van der Waals surface area contributed by atoms with Crippen LogP contribution in [0.3, 0.4) is 0 Å². The van der Waals surface area contributed by atoms with Crippen molar-refractivity contribution in [3.05, 3.63) is 58.0 Å². The molecule has 38 heavy (non-hydrogen) atoms. The molecule has 5 heteroatoms. The molecule has 0 saturated carbocycles. The maximum absolute atomic E-state index is 12.5. The summed E-state index contributed by atoms with van der Waals surface area (Å²) in [5, 5.41) is 0. The van der Waals surface area contributed by atoms with Gasteiger partial charge < -0.3 is 14.0 Å². The van der Waals surface area contributed by atoms with Crippen molar-refractivity contribution in [1.29, 1.82) is 0 Å². The first kappa shape index (κ1) is 31.7. The number of carbonyl (C=O) groups is 1. The monoisotopic (exact) mass is 525 g/mol. The van der Waals surface area contributed by atoms with E-state index in [1.165, 1.54) is 103 Å². The Labute approximate surface area is 230 Å². The number of aryl methyl sites for hydroxylation is 1. The second-order valence-electron chi connectivity index (χ2n) is 10.5. The standard InChI is InChI=1S/C33H51NO4/c1-4-5-6-7-8-9-10-11-12-13-14-15-16-17-18-19-25-34-26-24-31(36)33(32(34)28(2)35)38-27-29-20-22-30(37-3)23-21-29/h20-24,26H,4-19,25,27H2,1-3H3. The molecule has 0 saturated heterocycles. The van der Waals surface area contributed by atoms with Crippen molar-refractivity contribution in [3.63, 3.8) is 0 Å². The van der Waals surface area contributed by atoms with Crippen molar-refractivity contribution in [1.82, 2.24) is 4.57 Å². The van der Waals surface area contributed by atoms with Gasteiger partial charge in [0.1, 0.15) is 18.1 Å². The summed E-state index contributed by atoms with van der Waals surface area (Å²) in [5.41, 5.74) is 1.02. The van der Waals surface area contributed by atoms with Gasteiger partial charge in [0.05, 0.1) is 7.11 Å². The van der Waals surface area contributed by atoms with E-state index in [1.807, 2.05) is 28.8 Å². The number of ketones is 1. The number of rotatable bonds is 22. The highest BCUT2D eigenvalue weighted by Gasteiger charge is 2.17. The summed E-state index contributed by atoms with van der Waals surface area (Å²) in [4.78, 5) is 25.0. The van der Waals surface area contributed by atoms with Crippen LogP contribution in [-0.2, 0) is 13.2 Å². The second-order valence-corrected chi connectivity index (χ2v) is 10.5. The number of pyridine rings is 1. The largest absolute Gasteiger partial charge is 0.497 e. The van der Waals surface area contributed by atoms with Crippen molar-refractivity contribution in [2.24, 2.45) is 0 Å². The lowest BCUT2D eigenvalue weighted by atomic mass is 10.0. The SMILES string of the molecule is CCCCCCCCCCCCCCCCCCn1ccc(=O)c(OCc2ccc(OC)cc2)c1C(C)=O. The van der Waals surface area contributed by atoms with Gasteiger partial charge in [-0.1, -0.05) is 115 Å². The Morgan fingerprint density at radius 1 is 0.737 bits per heavy atom. The van der Waals surface area contributed by atoms with Crippen molar-refractivity contribution < 1.29 is 14.3 Å². The van der Waals surface area contributed by atoms with Crippen molar-refractivity contribution in [2.45, 2.75) is 130 Å². The molecule has 0 aliphatic rings. The summed E-state index contributed by atoms with van der Waals surface area (Å²) >= 11 is 0. The lowest BCUT2D eigenvalue weighted by molar-refractivity contribution is 0.0997. The fourth-order valence-electron chi connectivity index (χ4n) is 4.95. The summed E-state index contributed by atoms with van der Waals surface area (Å²) < 4.78 is 12.9. The number of methoxy groups -OCH3 is 1. The maximum Gasteiger partial charge on any atom is 0.224 e. The number of Topliss-reactive ketones (excluding diaryl/α,β-unsaturated/α-hetero) is 1. The highest BCUT2D eigenvalue weighted by molar-refractivity contribution is 5.95. The minimum atomic E-state index is -0.257. The zero-order valence-electron chi connectivity index (χ0n) is 24.3. The van der Waals surface area contributed by atoms with E-state index in [4.69, 9.17) is 9.47 Å². The van der Waals surface area contributed by atoms with Gasteiger partial charge in [0, 0.05) is 25.7 Å². The van der Waals surface area contributed by atoms with E-state index in [0.717, 1.165) is 24.2 Å². The van der Waals surface area contributed by atoms with Crippen LogP contribution in [0.1, 0.15) is 133 Å². The summed E-state index contributed by atoms with van der Waals surface area (Å²) in [5.74, 6) is 0.760. The first-order valence-electron chi connectivity index (χ1n) is 15.1. The van der Waals surface area contributed by atoms with E-state index >= 15 is 0 Å².